The molecule has 0 saturated heterocycles. The average molecular weight is 241 g/mol. The second-order valence-electron chi connectivity index (χ2n) is 4.73. The zero-order valence-electron chi connectivity index (χ0n) is 10.9. The summed E-state index contributed by atoms with van der Waals surface area (Å²) < 4.78 is 0. The highest BCUT2D eigenvalue weighted by atomic mass is 15.1. The van der Waals surface area contributed by atoms with Gasteiger partial charge in [0.15, 0.2) is 0 Å². The number of nitrogens with zero attached hydrogens (tertiary/aromatic N) is 2. The average Bonchev–Trinajstić information content (AvgIpc) is 2.40. The number of nitrogens with two attached hydrogens (primary N) is 1. The van der Waals surface area contributed by atoms with E-state index in [9.17, 15) is 0 Å². The Morgan fingerprint density at radius 1 is 1.00 bits per heavy atom. The van der Waals surface area contributed by atoms with Gasteiger partial charge in [-0.05, 0) is 30.2 Å². The van der Waals surface area contributed by atoms with Gasteiger partial charge in [0.2, 0.25) is 0 Å². The van der Waals surface area contributed by atoms with Crippen LogP contribution in [-0.4, -0.2) is 16.7 Å². The van der Waals surface area contributed by atoms with Crippen LogP contribution in [0.5, 0.6) is 0 Å². The van der Waals surface area contributed by atoms with E-state index in [0.717, 1.165) is 23.4 Å². The summed E-state index contributed by atoms with van der Waals surface area (Å²) in [5, 5.41) is 8.41. The number of hydrogen-bond acceptors (Lipinski definition) is 3. The molecular formula is C15H19N3. The number of benzene rings is 1. The topological polar surface area (TPSA) is 51.8 Å². The predicted molar refractivity (Wildman–Crippen MR) is 74.3 cm³/mol. The molecule has 2 rings (SSSR count). The summed E-state index contributed by atoms with van der Waals surface area (Å²) in [6.45, 7) is 4.99. The van der Waals surface area contributed by atoms with Gasteiger partial charge in [-0.15, -0.1) is 0 Å². The zero-order valence-corrected chi connectivity index (χ0v) is 10.9. The summed E-state index contributed by atoms with van der Waals surface area (Å²) in [4.78, 5) is 0. The van der Waals surface area contributed by atoms with Crippen molar-refractivity contribution in [2.24, 2.45) is 5.73 Å². The first-order chi connectivity index (χ1) is 8.70. The lowest BCUT2D eigenvalue weighted by atomic mass is 10.0. The molecule has 1 heterocycles. The van der Waals surface area contributed by atoms with Crippen LogP contribution in [0.4, 0.5) is 0 Å². The fourth-order valence-electron chi connectivity index (χ4n) is 1.83. The largest absolute Gasteiger partial charge is 0.330 e. The van der Waals surface area contributed by atoms with Crippen molar-refractivity contribution in [2.75, 3.05) is 6.54 Å². The van der Waals surface area contributed by atoms with E-state index in [-0.39, 0.29) is 0 Å². The van der Waals surface area contributed by atoms with Gasteiger partial charge in [0.05, 0.1) is 11.4 Å². The van der Waals surface area contributed by atoms with Crippen molar-refractivity contribution < 1.29 is 0 Å². The van der Waals surface area contributed by atoms with Crippen LogP contribution in [0, 0.1) is 0 Å². The fourth-order valence-corrected chi connectivity index (χ4v) is 1.83. The maximum Gasteiger partial charge on any atom is 0.0929 e. The van der Waals surface area contributed by atoms with Gasteiger partial charge in [-0.25, -0.2) is 0 Å². The van der Waals surface area contributed by atoms with E-state index in [4.69, 9.17) is 5.73 Å². The van der Waals surface area contributed by atoms with E-state index in [2.05, 4.69) is 48.3 Å². The molecule has 2 N–H and O–H groups in total. The maximum atomic E-state index is 5.49. The monoisotopic (exact) mass is 241 g/mol. The molecule has 0 aliphatic rings. The molecule has 0 amide bonds. The lowest BCUT2D eigenvalue weighted by molar-refractivity contribution is 0.864. The first kappa shape index (κ1) is 12.7. The van der Waals surface area contributed by atoms with Crippen LogP contribution in [0.2, 0.25) is 0 Å². The molecule has 0 saturated carbocycles. The molecule has 1 aromatic carbocycles. The van der Waals surface area contributed by atoms with Gasteiger partial charge >= 0.3 is 0 Å². The third-order valence-electron chi connectivity index (χ3n) is 2.99. The molecule has 0 atom stereocenters. The molecular weight excluding hydrogens is 222 g/mol. The third-order valence-corrected chi connectivity index (χ3v) is 2.99. The third kappa shape index (κ3) is 2.93. The van der Waals surface area contributed by atoms with Gasteiger partial charge in [-0.2, -0.15) is 10.2 Å². The zero-order chi connectivity index (χ0) is 13.0. The lowest BCUT2D eigenvalue weighted by Gasteiger charge is -2.06. The van der Waals surface area contributed by atoms with E-state index in [0.29, 0.717) is 12.5 Å². The van der Waals surface area contributed by atoms with Crippen molar-refractivity contribution in [2.45, 2.75) is 26.2 Å². The summed E-state index contributed by atoms with van der Waals surface area (Å²) in [7, 11) is 0. The minimum Gasteiger partial charge on any atom is -0.330 e. The van der Waals surface area contributed by atoms with Crippen LogP contribution in [0.15, 0.2) is 36.4 Å². The summed E-state index contributed by atoms with van der Waals surface area (Å²) in [6.07, 6.45) is 0.777. The second-order valence-corrected chi connectivity index (χ2v) is 4.73. The standard InChI is InChI=1S/C15H19N3/c1-11(2)12-3-5-13(6-4-12)15-8-7-14(9-10-16)17-18-15/h3-8,11H,9-10,16H2,1-2H3. The molecule has 0 spiro atoms. The van der Waals surface area contributed by atoms with Crippen LogP contribution in [0.1, 0.15) is 31.0 Å². The Kier molecular flexibility index (Phi) is 4.05. The fraction of sp³-hybridized carbons (Fsp3) is 0.333. The Morgan fingerprint density at radius 3 is 2.22 bits per heavy atom. The van der Waals surface area contributed by atoms with Crippen LogP contribution >= 0.6 is 0 Å². The van der Waals surface area contributed by atoms with Crippen molar-refractivity contribution in [3.05, 3.63) is 47.7 Å². The first-order valence-corrected chi connectivity index (χ1v) is 6.33. The smallest absolute Gasteiger partial charge is 0.0929 e. The summed E-state index contributed by atoms with van der Waals surface area (Å²) in [5.74, 6) is 0.553. The minimum absolute atomic E-state index is 0.553. The molecule has 0 radical (unpaired) electrons. The quantitative estimate of drug-likeness (QED) is 0.895. The normalized spacial score (nSPS) is 10.9. The Hall–Kier alpha value is -1.74. The predicted octanol–water partition coefficient (Wildman–Crippen LogP) is 2.77. The Balaban J connectivity index is 2.20. The summed E-state index contributed by atoms with van der Waals surface area (Å²) >= 11 is 0. The van der Waals surface area contributed by atoms with Crippen molar-refractivity contribution in [3.63, 3.8) is 0 Å². The molecule has 3 heteroatoms. The SMILES string of the molecule is CC(C)c1ccc(-c2ccc(CCN)nn2)cc1. The Bertz CT molecular complexity index is 486. The minimum atomic E-state index is 0.553. The molecule has 18 heavy (non-hydrogen) atoms. The molecule has 0 aliphatic carbocycles. The second kappa shape index (κ2) is 5.74. The molecule has 0 unspecified atom stereocenters. The van der Waals surface area contributed by atoms with Crippen molar-refractivity contribution in [3.8, 4) is 11.3 Å². The molecule has 0 fully saturated rings. The maximum absolute atomic E-state index is 5.49. The highest BCUT2D eigenvalue weighted by molar-refractivity contribution is 5.58. The number of rotatable bonds is 4. The molecule has 0 aliphatic heterocycles. The summed E-state index contributed by atoms with van der Waals surface area (Å²) in [5.41, 5.74) is 9.78. The molecule has 1 aromatic heterocycles. The number of aromatic nitrogens is 2. The van der Waals surface area contributed by atoms with Crippen LogP contribution < -0.4 is 5.73 Å². The van der Waals surface area contributed by atoms with E-state index < -0.39 is 0 Å². The van der Waals surface area contributed by atoms with Gasteiger partial charge < -0.3 is 5.73 Å². The molecule has 3 nitrogen and oxygen atoms in total. The molecule has 2 aromatic rings. The van der Waals surface area contributed by atoms with Crippen LogP contribution in [0.3, 0.4) is 0 Å². The van der Waals surface area contributed by atoms with Gasteiger partial charge in [0.25, 0.3) is 0 Å². The van der Waals surface area contributed by atoms with Crippen LogP contribution in [-0.2, 0) is 6.42 Å². The van der Waals surface area contributed by atoms with E-state index in [1.165, 1.54) is 5.56 Å². The van der Waals surface area contributed by atoms with Crippen molar-refractivity contribution >= 4 is 0 Å². The Morgan fingerprint density at radius 2 is 1.72 bits per heavy atom. The molecule has 0 bridgehead atoms. The van der Waals surface area contributed by atoms with Gasteiger partial charge in [0.1, 0.15) is 0 Å². The van der Waals surface area contributed by atoms with E-state index in [1.54, 1.807) is 0 Å². The number of hydrogen-bond donors (Lipinski definition) is 1. The lowest BCUT2D eigenvalue weighted by Crippen LogP contribution is -2.05. The molecule has 94 valence electrons. The first-order valence-electron chi connectivity index (χ1n) is 6.33. The van der Waals surface area contributed by atoms with Gasteiger partial charge in [-0.3, -0.25) is 0 Å². The van der Waals surface area contributed by atoms with Crippen molar-refractivity contribution in [1.29, 1.82) is 0 Å². The highest BCUT2D eigenvalue weighted by Gasteiger charge is 2.03. The summed E-state index contributed by atoms with van der Waals surface area (Å²) in [6, 6.07) is 12.5. The van der Waals surface area contributed by atoms with Gasteiger partial charge in [-0.1, -0.05) is 38.1 Å². The highest BCUT2D eigenvalue weighted by Crippen LogP contribution is 2.20. The van der Waals surface area contributed by atoms with Crippen molar-refractivity contribution in [1.82, 2.24) is 10.2 Å². The van der Waals surface area contributed by atoms with E-state index >= 15 is 0 Å². The van der Waals surface area contributed by atoms with Gasteiger partial charge in [0, 0.05) is 12.0 Å². The van der Waals surface area contributed by atoms with E-state index in [1.807, 2.05) is 12.1 Å². The van der Waals surface area contributed by atoms with Crippen LogP contribution in [0.25, 0.3) is 11.3 Å². The Labute approximate surface area is 108 Å².